The molecule has 0 bridgehead atoms. The van der Waals surface area contributed by atoms with Crippen LogP contribution in [-0.2, 0) is 0 Å². The highest BCUT2D eigenvalue weighted by atomic mass is 16.3. The van der Waals surface area contributed by atoms with Crippen LogP contribution in [0, 0.1) is 12.8 Å². The van der Waals surface area contributed by atoms with Crippen molar-refractivity contribution in [1.29, 1.82) is 0 Å². The van der Waals surface area contributed by atoms with Crippen molar-refractivity contribution in [2.45, 2.75) is 72.6 Å². The number of hydrogen-bond donors (Lipinski definition) is 1. The van der Waals surface area contributed by atoms with Gasteiger partial charge >= 0.3 is 0 Å². The molecule has 2 nitrogen and oxygen atoms in total. The van der Waals surface area contributed by atoms with Crippen molar-refractivity contribution in [2.75, 3.05) is 6.54 Å². The quantitative estimate of drug-likeness (QED) is 0.758. The number of hydrogen-bond acceptors (Lipinski definition) is 2. The van der Waals surface area contributed by atoms with Crippen LogP contribution in [0.25, 0.3) is 0 Å². The van der Waals surface area contributed by atoms with Gasteiger partial charge in [0.2, 0.25) is 0 Å². The molecule has 0 saturated carbocycles. The molecule has 1 rings (SSSR count). The van der Waals surface area contributed by atoms with E-state index >= 15 is 0 Å². The van der Waals surface area contributed by atoms with E-state index in [1.54, 1.807) is 0 Å². The van der Waals surface area contributed by atoms with E-state index in [1.807, 2.05) is 0 Å². The van der Waals surface area contributed by atoms with Crippen LogP contribution >= 0.6 is 0 Å². The Labute approximate surface area is 131 Å². The summed E-state index contributed by atoms with van der Waals surface area (Å²) in [4.78, 5) is 2.50. The summed E-state index contributed by atoms with van der Waals surface area (Å²) in [5.74, 6) is 0.610. The Hall–Kier alpha value is -0.860. The van der Waals surface area contributed by atoms with Crippen LogP contribution in [0.5, 0.6) is 0 Å². The highest BCUT2D eigenvalue weighted by Crippen LogP contribution is 2.25. The number of aliphatic hydroxyl groups excluding tert-OH is 1. The highest BCUT2D eigenvalue weighted by Gasteiger charge is 2.27. The van der Waals surface area contributed by atoms with E-state index in [0.29, 0.717) is 12.0 Å². The first-order valence-electron chi connectivity index (χ1n) is 8.41. The van der Waals surface area contributed by atoms with Crippen molar-refractivity contribution in [3.63, 3.8) is 0 Å². The predicted octanol–water partition coefficient (Wildman–Crippen LogP) is 4.56. The van der Waals surface area contributed by atoms with Gasteiger partial charge in [0.25, 0.3) is 0 Å². The van der Waals surface area contributed by atoms with Crippen LogP contribution in [0.4, 0.5) is 0 Å². The maximum Gasteiger partial charge on any atom is 0.0942 e. The average Bonchev–Trinajstić information content (AvgIpc) is 2.46. The van der Waals surface area contributed by atoms with E-state index in [1.165, 1.54) is 5.56 Å². The summed E-state index contributed by atoms with van der Waals surface area (Å²) in [5, 5.41) is 10.8. The normalized spacial score (nSPS) is 15.0. The van der Waals surface area contributed by atoms with E-state index in [2.05, 4.69) is 70.7 Å². The van der Waals surface area contributed by atoms with Gasteiger partial charge in [-0.3, -0.25) is 4.90 Å². The molecular formula is C19H33NO. The number of aryl methyl sites for hydroxylation is 1. The first kappa shape index (κ1) is 18.2. The van der Waals surface area contributed by atoms with Crippen molar-refractivity contribution in [3.05, 3.63) is 35.4 Å². The Morgan fingerprint density at radius 3 is 1.95 bits per heavy atom. The topological polar surface area (TPSA) is 23.5 Å². The summed E-state index contributed by atoms with van der Waals surface area (Å²) in [5.41, 5.74) is 2.26. The van der Waals surface area contributed by atoms with Crippen molar-refractivity contribution in [3.8, 4) is 0 Å². The van der Waals surface area contributed by atoms with Gasteiger partial charge in [-0.2, -0.15) is 0 Å². The largest absolute Gasteiger partial charge is 0.387 e. The molecule has 0 fully saturated rings. The molecule has 0 aliphatic rings. The number of aliphatic hydroxyl groups is 1. The number of benzene rings is 1. The molecule has 0 aliphatic carbocycles. The van der Waals surface area contributed by atoms with E-state index in [9.17, 15) is 5.11 Å². The fraction of sp³-hybridized carbons (Fsp3) is 0.684. The zero-order valence-electron chi connectivity index (χ0n) is 14.6. The summed E-state index contributed by atoms with van der Waals surface area (Å²) < 4.78 is 0. The van der Waals surface area contributed by atoms with Crippen molar-refractivity contribution in [1.82, 2.24) is 4.90 Å². The van der Waals surface area contributed by atoms with Gasteiger partial charge in [-0.1, -0.05) is 57.5 Å². The van der Waals surface area contributed by atoms with Crippen LogP contribution in [0.1, 0.15) is 64.7 Å². The minimum absolute atomic E-state index is 0.139. The van der Waals surface area contributed by atoms with Gasteiger partial charge < -0.3 is 5.11 Å². The van der Waals surface area contributed by atoms with Gasteiger partial charge in [-0.25, -0.2) is 0 Å². The molecule has 1 aromatic rings. The minimum Gasteiger partial charge on any atom is -0.387 e. The van der Waals surface area contributed by atoms with Crippen molar-refractivity contribution < 1.29 is 5.11 Å². The Balaban J connectivity index is 2.92. The molecule has 0 aromatic heterocycles. The monoisotopic (exact) mass is 291 g/mol. The van der Waals surface area contributed by atoms with Crippen LogP contribution in [0.3, 0.4) is 0 Å². The standard InChI is InChI=1S/C19H33NO/c1-7-18(8-2)20(13-14(3)4)16(6)19(21)17-11-9-15(5)10-12-17/h9-12,14,16,18-19,21H,7-8,13H2,1-6H3. The van der Waals surface area contributed by atoms with Crippen molar-refractivity contribution >= 4 is 0 Å². The molecule has 0 amide bonds. The van der Waals surface area contributed by atoms with Crippen molar-refractivity contribution in [2.24, 2.45) is 5.92 Å². The summed E-state index contributed by atoms with van der Waals surface area (Å²) in [6.07, 6.45) is 1.84. The Kier molecular flexibility index (Phi) is 7.41. The van der Waals surface area contributed by atoms with Gasteiger partial charge in [0.05, 0.1) is 6.10 Å². The van der Waals surface area contributed by atoms with Gasteiger partial charge in [-0.15, -0.1) is 0 Å². The zero-order chi connectivity index (χ0) is 16.0. The summed E-state index contributed by atoms with van der Waals surface area (Å²) in [6.45, 7) is 14.3. The molecule has 2 atom stereocenters. The molecule has 0 saturated heterocycles. The molecule has 120 valence electrons. The third-order valence-corrected chi connectivity index (χ3v) is 4.39. The van der Waals surface area contributed by atoms with E-state index in [0.717, 1.165) is 24.9 Å². The minimum atomic E-state index is -0.426. The second-order valence-electron chi connectivity index (χ2n) is 6.66. The lowest BCUT2D eigenvalue weighted by Crippen LogP contribution is -2.46. The molecule has 1 aromatic carbocycles. The molecule has 0 spiro atoms. The first-order chi connectivity index (χ1) is 9.90. The van der Waals surface area contributed by atoms with Gasteiger partial charge in [0, 0.05) is 18.6 Å². The maximum atomic E-state index is 10.8. The average molecular weight is 291 g/mol. The Bertz CT molecular complexity index is 395. The fourth-order valence-corrected chi connectivity index (χ4v) is 3.05. The van der Waals surface area contributed by atoms with Gasteiger partial charge in [-0.05, 0) is 38.2 Å². The fourth-order valence-electron chi connectivity index (χ4n) is 3.05. The highest BCUT2D eigenvalue weighted by molar-refractivity contribution is 5.24. The summed E-state index contributed by atoms with van der Waals surface area (Å²) in [7, 11) is 0. The molecular weight excluding hydrogens is 258 g/mol. The molecule has 21 heavy (non-hydrogen) atoms. The van der Waals surface area contributed by atoms with E-state index < -0.39 is 6.10 Å². The third kappa shape index (κ3) is 5.12. The lowest BCUT2D eigenvalue weighted by atomic mass is 9.97. The van der Waals surface area contributed by atoms with E-state index in [-0.39, 0.29) is 6.04 Å². The molecule has 1 N–H and O–H groups in total. The first-order valence-corrected chi connectivity index (χ1v) is 8.41. The smallest absolute Gasteiger partial charge is 0.0942 e. The van der Waals surface area contributed by atoms with Gasteiger partial charge in [0.15, 0.2) is 0 Å². The van der Waals surface area contributed by atoms with Crippen LogP contribution in [0.2, 0.25) is 0 Å². The molecule has 0 aliphatic heterocycles. The van der Waals surface area contributed by atoms with Crippen LogP contribution in [0.15, 0.2) is 24.3 Å². The SMILES string of the molecule is CCC(CC)N(CC(C)C)C(C)C(O)c1ccc(C)cc1. The predicted molar refractivity (Wildman–Crippen MR) is 91.5 cm³/mol. The second kappa shape index (κ2) is 8.55. The maximum absolute atomic E-state index is 10.8. The summed E-state index contributed by atoms with van der Waals surface area (Å²) in [6, 6.07) is 8.95. The lowest BCUT2D eigenvalue weighted by Gasteiger charge is -2.39. The summed E-state index contributed by atoms with van der Waals surface area (Å²) >= 11 is 0. The zero-order valence-corrected chi connectivity index (χ0v) is 14.6. The molecule has 2 heteroatoms. The number of nitrogens with zero attached hydrogens (tertiary/aromatic N) is 1. The van der Waals surface area contributed by atoms with Gasteiger partial charge in [0.1, 0.15) is 0 Å². The second-order valence-corrected chi connectivity index (χ2v) is 6.66. The molecule has 0 heterocycles. The van der Waals surface area contributed by atoms with E-state index in [4.69, 9.17) is 0 Å². The number of rotatable bonds is 8. The molecule has 0 radical (unpaired) electrons. The Morgan fingerprint density at radius 1 is 1.00 bits per heavy atom. The molecule has 2 unspecified atom stereocenters. The van der Waals surface area contributed by atoms with Crippen LogP contribution in [-0.4, -0.2) is 28.6 Å². The lowest BCUT2D eigenvalue weighted by molar-refractivity contribution is 0.0220. The Morgan fingerprint density at radius 2 is 1.52 bits per heavy atom. The third-order valence-electron chi connectivity index (χ3n) is 4.39. The van der Waals surface area contributed by atoms with Crippen LogP contribution < -0.4 is 0 Å².